The van der Waals surface area contributed by atoms with Crippen molar-refractivity contribution in [2.45, 2.75) is 58.9 Å². The van der Waals surface area contributed by atoms with Crippen LogP contribution in [0.1, 0.15) is 47.1 Å². The Bertz CT molecular complexity index is 581. The zero-order valence-electron chi connectivity index (χ0n) is 15.0. The van der Waals surface area contributed by atoms with Crippen molar-refractivity contribution in [1.82, 2.24) is 0 Å². The first-order valence-electron chi connectivity index (χ1n) is 8.03. The Labute approximate surface area is 141 Å². The maximum Gasteiger partial charge on any atom is 0.498 e. The van der Waals surface area contributed by atoms with Gasteiger partial charge in [-0.1, -0.05) is 26.0 Å². The third kappa shape index (κ3) is 3.89. The molecule has 24 heavy (non-hydrogen) atoms. The molecular formula is C17H24BF3O3. The molecular weight excluding hydrogens is 320 g/mol. The summed E-state index contributed by atoms with van der Waals surface area (Å²) in [5.74, 6) is 0.336. The number of ether oxygens (including phenoxy) is 1. The van der Waals surface area contributed by atoms with Gasteiger partial charge in [0.05, 0.1) is 23.4 Å². The zero-order chi connectivity index (χ0) is 18.3. The quantitative estimate of drug-likeness (QED) is 0.772. The molecule has 1 heterocycles. The van der Waals surface area contributed by atoms with Crippen molar-refractivity contribution >= 4 is 12.6 Å². The molecule has 0 N–H and O–H groups in total. The summed E-state index contributed by atoms with van der Waals surface area (Å²) >= 11 is 0. The lowest BCUT2D eigenvalue weighted by Gasteiger charge is -2.32. The second kappa shape index (κ2) is 6.26. The first kappa shape index (κ1) is 19.1. The highest BCUT2D eigenvalue weighted by molar-refractivity contribution is 6.63. The summed E-state index contributed by atoms with van der Waals surface area (Å²) < 4.78 is 56.5. The van der Waals surface area contributed by atoms with Gasteiger partial charge >= 0.3 is 13.3 Å². The minimum Gasteiger partial charge on any atom is -0.494 e. The van der Waals surface area contributed by atoms with Gasteiger partial charge in [-0.15, -0.1) is 0 Å². The first-order chi connectivity index (χ1) is 10.8. The average Bonchev–Trinajstić information content (AvgIpc) is 2.63. The summed E-state index contributed by atoms with van der Waals surface area (Å²) in [6, 6.07) is 3.42. The molecule has 1 fully saturated rings. The minimum atomic E-state index is -4.43. The number of alkyl halides is 3. The molecule has 0 saturated carbocycles. The summed E-state index contributed by atoms with van der Waals surface area (Å²) in [6.45, 7) is 11.8. The molecule has 0 atom stereocenters. The molecule has 1 aliphatic heterocycles. The molecule has 134 valence electrons. The highest BCUT2D eigenvalue weighted by Crippen LogP contribution is 2.38. The smallest absolute Gasteiger partial charge is 0.494 e. The summed E-state index contributed by atoms with van der Waals surface area (Å²) in [7, 11) is -0.764. The topological polar surface area (TPSA) is 27.7 Å². The van der Waals surface area contributed by atoms with Gasteiger partial charge in [-0.2, -0.15) is 13.2 Å². The van der Waals surface area contributed by atoms with Gasteiger partial charge < -0.3 is 14.0 Å². The average molecular weight is 344 g/mol. The van der Waals surface area contributed by atoms with E-state index in [-0.39, 0.29) is 11.7 Å². The lowest BCUT2D eigenvalue weighted by molar-refractivity contribution is -0.137. The van der Waals surface area contributed by atoms with E-state index < -0.39 is 30.1 Å². The van der Waals surface area contributed by atoms with Gasteiger partial charge in [0, 0.05) is 5.46 Å². The van der Waals surface area contributed by atoms with Crippen molar-refractivity contribution in [1.29, 1.82) is 0 Å². The van der Waals surface area contributed by atoms with E-state index in [1.807, 2.05) is 41.5 Å². The van der Waals surface area contributed by atoms with Crippen LogP contribution in [-0.2, 0) is 15.5 Å². The van der Waals surface area contributed by atoms with Crippen molar-refractivity contribution in [3.63, 3.8) is 0 Å². The van der Waals surface area contributed by atoms with E-state index in [1.165, 1.54) is 6.07 Å². The molecule has 3 nitrogen and oxygen atoms in total. The standard InChI is InChI=1S/C17H24BF3O3/c1-11(2)10-22-14-9-12(17(19,20)21)7-8-13(14)18-23-15(3,4)16(5,6)24-18/h7-9,11H,10H2,1-6H3. The van der Waals surface area contributed by atoms with E-state index >= 15 is 0 Å². The fraction of sp³-hybridized carbons (Fsp3) is 0.647. The van der Waals surface area contributed by atoms with Crippen LogP contribution >= 0.6 is 0 Å². The molecule has 1 aromatic rings. The third-order valence-corrected chi connectivity index (χ3v) is 4.42. The Morgan fingerprint density at radius 3 is 2.08 bits per heavy atom. The van der Waals surface area contributed by atoms with Crippen LogP contribution in [0.2, 0.25) is 0 Å². The lowest BCUT2D eigenvalue weighted by atomic mass is 9.78. The van der Waals surface area contributed by atoms with Gasteiger partial charge in [0.15, 0.2) is 0 Å². The molecule has 0 aromatic heterocycles. The second-order valence-corrected chi connectivity index (χ2v) is 7.54. The lowest BCUT2D eigenvalue weighted by Crippen LogP contribution is -2.41. The Morgan fingerprint density at radius 2 is 1.62 bits per heavy atom. The van der Waals surface area contributed by atoms with E-state index in [4.69, 9.17) is 14.0 Å². The molecule has 0 aliphatic carbocycles. The zero-order valence-corrected chi connectivity index (χ0v) is 15.0. The molecule has 2 rings (SSSR count). The summed E-state index contributed by atoms with van der Waals surface area (Å²) in [6.07, 6.45) is -4.43. The monoisotopic (exact) mass is 344 g/mol. The van der Waals surface area contributed by atoms with Crippen LogP contribution in [0.15, 0.2) is 18.2 Å². The number of benzene rings is 1. The Morgan fingerprint density at radius 1 is 1.08 bits per heavy atom. The van der Waals surface area contributed by atoms with Crippen LogP contribution in [0.25, 0.3) is 0 Å². The van der Waals surface area contributed by atoms with Crippen molar-refractivity contribution < 1.29 is 27.2 Å². The van der Waals surface area contributed by atoms with Crippen LogP contribution in [-0.4, -0.2) is 24.9 Å². The van der Waals surface area contributed by atoms with E-state index in [0.29, 0.717) is 12.1 Å². The molecule has 0 amide bonds. The Hall–Kier alpha value is -1.21. The predicted molar refractivity (Wildman–Crippen MR) is 87.5 cm³/mol. The van der Waals surface area contributed by atoms with Crippen LogP contribution in [0.4, 0.5) is 13.2 Å². The van der Waals surface area contributed by atoms with Crippen LogP contribution in [0.5, 0.6) is 5.75 Å². The molecule has 0 unspecified atom stereocenters. The number of hydrogen-bond donors (Lipinski definition) is 0. The Kier molecular flexibility index (Phi) is 4.99. The minimum absolute atomic E-state index is 0.150. The number of halogens is 3. The maximum atomic E-state index is 13.0. The van der Waals surface area contributed by atoms with Gasteiger partial charge in [0.25, 0.3) is 0 Å². The van der Waals surface area contributed by atoms with Crippen molar-refractivity contribution in [2.75, 3.05) is 6.61 Å². The van der Waals surface area contributed by atoms with Crippen molar-refractivity contribution in [3.05, 3.63) is 23.8 Å². The van der Waals surface area contributed by atoms with E-state index in [0.717, 1.165) is 12.1 Å². The molecule has 0 radical (unpaired) electrons. The Balaban J connectivity index is 2.38. The summed E-state index contributed by atoms with van der Waals surface area (Å²) in [5, 5.41) is 0. The fourth-order valence-electron chi connectivity index (χ4n) is 2.26. The van der Waals surface area contributed by atoms with Gasteiger partial charge in [-0.3, -0.25) is 0 Å². The van der Waals surface area contributed by atoms with Crippen molar-refractivity contribution in [3.8, 4) is 5.75 Å². The first-order valence-corrected chi connectivity index (χ1v) is 8.03. The van der Waals surface area contributed by atoms with Gasteiger partial charge in [-0.25, -0.2) is 0 Å². The third-order valence-electron chi connectivity index (χ3n) is 4.42. The molecule has 0 bridgehead atoms. The molecule has 0 spiro atoms. The van der Waals surface area contributed by atoms with Crippen molar-refractivity contribution in [2.24, 2.45) is 5.92 Å². The normalized spacial score (nSPS) is 19.8. The van der Waals surface area contributed by atoms with E-state index in [9.17, 15) is 13.2 Å². The second-order valence-electron chi connectivity index (χ2n) is 7.54. The molecule has 1 aliphatic rings. The van der Waals surface area contributed by atoms with Crippen LogP contribution in [0.3, 0.4) is 0 Å². The summed E-state index contributed by atoms with van der Waals surface area (Å²) in [4.78, 5) is 0. The van der Waals surface area contributed by atoms with Crippen LogP contribution < -0.4 is 10.2 Å². The molecule has 7 heteroatoms. The highest BCUT2D eigenvalue weighted by Gasteiger charge is 2.52. The summed E-state index contributed by atoms with van der Waals surface area (Å²) in [5.41, 5.74) is -1.42. The molecule has 1 saturated heterocycles. The SMILES string of the molecule is CC(C)COc1cc(C(F)(F)F)ccc1B1OC(C)(C)C(C)(C)O1. The predicted octanol–water partition coefficient (Wildman–Crippen LogP) is 4.04. The number of rotatable bonds is 4. The fourth-order valence-corrected chi connectivity index (χ4v) is 2.26. The van der Waals surface area contributed by atoms with E-state index in [2.05, 4.69) is 0 Å². The van der Waals surface area contributed by atoms with Gasteiger partial charge in [0.2, 0.25) is 0 Å². The van der Waals surface area contributed by atoms with Gasteiger partial charge in [-0.05, 0) is 39.7 Å². The maximum absolute atomic E-state index is 13.0. The largest absolute Gasteiger partial charge is 0.498 e. The van der Waals surface area contributed by atoms with Crippen LogP contribution in [0, 0.1) is 5.92 Å². The van der Waals surface area contributed by atoms with E-state index in [1.54, 1.807) is 0 Å². The number of hydrogen-bond acceptors (Lipinski definition) is 3. The highest BCUT2D eigenvalue weighted by atomic mass is 19.4. The molecule has 1 aromatic carbocycles. The van der Waals surface area contributed by atoms with Gasteiger partial charge in [0.1, 0.15) is 5.75 Å².